The molecule has 0 aromatic rings. The van der Waals surface area contributed by atoms with Gasteiger partial charge in [-0.3, -0.25) is 0 Å². The monoisotopic (exact) mass is 362 g/mol. The van der Waals surface area contributed by atoms with Gasteiger partial charge in [0.05, 0.1) is 6.10 Å². The number of hydrogen-bond acceptors (Lipinski definition) is 2. The first-order chi connectivity index (χ1) is 12.4. The highest BCUT2D eigenvalue weighted by Crippen LogP contribution is 2.68. The Bertz CT molecular complexity index is 504. The highest BCUT2D eigenvalue weighted by atomic mass is 16.3. The van der Waals surface area contributed by atoms with Crippen molar-refractivity contribution in [3.63, 3.8) is 0 Å². The molecule has 0 radical (unpaired) electrons. The van der Waals surface area contributed by atoms with E-state index in [2.05, 4.69) is 20.8 Å². The minimum atomic E-state index is -0.0262. The Hall–Kier alpha value is -0.0800. The van der Waals surface area contributed by atoms with Crippen molar-refractivity contribution in [1.29, 1.82) is 0 Å². The summed E-state index contributed by atoms with van der Waals surface area (Å²) in [7, 11) is 0. The summed E-state index contributed by atoms with van der Waals surface area (Å²) in [6.07, 6.45) is 14.1. The van der Waals surface area contributed by atoms with Crippen molar-refractivity contribution in [1.82, 2.24) is 0 Å². The molecule has 4 aliphatic rings. The largest absolute Gasteiger partial charge is 0.396 e. The Balaban J connectivity index is 1.52. The topological polar surface area (TPSA) is 40.5 Å². The van der Waals surface area contributed by atoms with Gasteiger partial charge in [0, 0.05) is 6.61 Å². The van der Waals surface area contributed by atoms with Crippen LogP contribution < -0.4 is 0 Å². The molecule has 0 aromatic heterocycles. The van der Waals surface area contributed by atoms with Crippen LogP contribution in [0.15, 0.2) is 0 Å². The highest BCUT2D eigenvalue weighted by Gasteiger charge is 2.60. The van der Waals surface area contributed by atoms with Gasteiger partial charge in [-0.05, 0) is 117 Å². The molecule has 26 heavy (non-hydrogen) atoms. The van der Waals surface area contributed by atoms with Gasteiger partial charge in [0.1, 0.15) is 0 Å². The fourth-order valence-electron chi connectivity index (χ4n) is 8.83. The maximum Gasteiger partial charge on any atom is 0.0543 e. The molecule has 0 saturated heterocycles. The second-order valence-corrected chi connectivity index (χ2v) is 11.2. The Kier molecular flexibility index (Phi) is 5.23. The van der Waals surface area contributed by atoms with Gasteiger partial charge in [-0.25, -0.2) is 0 Å². The molecular formula is C24H42O2. The van der Waals surface area contributed by atoms with Crippen LogP contribution in [0.25, 0.3) is 0 Å². The predicted molar refractivity (Wildman–Crippen MR) is 107 cm³/mol. The summed E-state index contributed by atoms with van der Waals surface area (Å²) in [5.74, 6) is 5.22. The quantitative estimate of drug-likeness (QED) is 0.701. The number of fused-ring (bicyclic) bond motifs is 5. The molecule has 0 spiro atoms. The lowest BCUT2D eigenvalue weighted by atomic mass is 9.44. The summed E-state index contributed by atoms with van der Waals surface area (Å²) in [6.45, 7) is 8.05. The van der Waals surface area contributed by atoms with Crippen molar-refractivity contribution in [3.8, 4) is 0 Å². The molecule has 4 fully saturated rings. The average Bonchev–Trinajstić information content (AvgIpc) is 2.97. The standard InChI is InChI=1S/C24H42O2/c1-16(5-4-14-25)20-8-9-21-19-7-6-17-15-18(26)10-12-23(17,2)22(19)11-13-24(20,21)3/h16-22,25-26H,4-15H2,1-3H3/t16-,17-,18-,19?,20-,21?,22?,23+,24-/m1/s1. The van der Waals surface area contributed by atoms with Crippen LogP contribution in [0.3, 0.4) is 0 Å². The van der Waals surface area contributed by atoms with Gasteiger partial charge in [0.2, 0.25) is 0 Å². The van der Waals surface area contributed by atoms with Crippen LogP contribution in [0, 0.1) is 46.3 Å². The minimum absolute atomic E-state index is 0.0262. The molecule has 4 saturated carbocycles. The summed E-state index contributed by atoms with van der Waals surface area (Å²) in [6, 6.07) is 0. The summed E-state index contributed by atoms with van der Waals surface area (Å²) < 4.78 is 0. The molecule has 0 bridgehead atoms. The lowest BCUT2D eigenvalue weighted by molar-refractivity contribution is -0.129. The Morgan fingerprint density at radius 2 is 1.65 bits per heavy atom. The third-order valence-corrected chi connectivity index (χ3v) is 10.2. The summed E-state index contributed by atoms with van der Waals surface area (Å²) >= 11 is 0. The third kappa shape index (κ3) is 2.89. The molecule has 4 aliphatic carbocycles. The summed E-state index contributed by atoms with van der Waals surface area (Å²) in [5, 5.41) is 19.4. The molecule has 2 N–H and O–H groups in total. The van der Waals surface area contributed by atoms with Gasteiger partial charge >= 0.3 is 0 Å². The normalized spacial score (nSPS) is 52.0. The molecule has 0 aromatic carbocycles. The maximum absolute atomic E-state index is 10.2. The molecule has 150 valence electrons. The molecule has 4 rings (SSSR count). The molecule has 9 atom stereocenters. The molecule has 0 amide bonds. The second-order valence-electron chi connectivity index (χ2n) is 11.2. The number of aliphatic hydroxyl groups is 2. The number of aliphatic hydroxyl groups excluding tert-OH is 2. The number of hydrogen-bond donors (Lipinski definition) is 2. The molecule has 3 unspecified atom stereocenters. The van der Waals surface area contributed by atoms with E-state index in [0.29, 0.717) is 17.4 Å². The van der Waals surface area contributed by atoms with Crippen LogP contribution in [0.4, 0.5) is 0 Å². The van der Waals surface area contributed by atoms with Crippen molar-refractivity contribution < 1.29 is 10.2 Å². The second kappa shape index (κ2) is 7.07. The van der Waals surface area contributed by atoms with Crippen molar-refractivity contribution in [2.45, 2.75) is 97.5 Å². The van der Waals surface area contributed by atoms with Gasteiger partial charge in [0.15, 0.2) is 0 Å². The fourth-order valence-corrected chi connectivity index (χ4v) is 8.83. The van der Waals surface area contributed by atoms with Gasteiger partial charge in [0.25, 0.3) is 0 Å². The zero-order valence-electron chi connectivity index (χ0n) is 17.4. The maximum atomic E-state index is 10.2. The Morgan fingerprint density at radius 1 is 0.923 bits per heavy atom. The van der Waals surface area contributed by atoms with E-state index in [9.17, 15) is 10.2 Å². The van der Waals surface area contributed by atoms with E-state index in [-0.39, 0.29) is 6.10 Å². The first-order valence-electron chi connectivity index (χ1n) is 11.7. The third-order valence-electron chi connectivity index (χ3n) is 10.2. The van der Waals surface area contributed by atoms with Crippen LogP contribution in [-0.4, -0.2) is 22.9 Å². The SMILES string of the molecule is C[C@H](CCCO)[C@H]1CCC2C3CC[C@@H]4C[C@H](O)CC[C@]4(C)C3CC[C@@]21C. The Morgan fingerprint density at radius 3 is 2.42 bits per heavy atom. The summed E-state index contributed by atoms with van der Waals surface area (Å²) in [5.41, 5.74) is 1.05. The van der Waals surface area contributed by atoms with E-state index in [1.54, 1.807) is 0 Å². The van der Waals surface area contributed by atoms with Gasteiger partial charge in [-0.2, -0.15) is 0 Å². The number of rotatable bonds is 4. The van der Waals surface area contributed by atoms with Crippen molar-refractivity contribution in [2.24, 2.45) is 46.3 Å². The lowest BCUT2D eigenvalue weighted by Crippen LogP contribution is -2.54. The lowest BCUT2D eigenvalue weighted by Gasteiger charge is -2.61. The molecule has 0 aliphatic heterocycles. The zero-order chi connectivity index (χ0) is 18.5. The first-order valence-corrected chi connectivity index (χ1v) is 11.7. The molecule has 2 heteroatoms. The van der Waals surface area contributed by atoms with Crippen molar-refractivity contribution in [3.05, 3.63) is 0 Å². The van der Waals surface area contributed by atoms with Gasteiger partial charge in [-0.1, -0.05) is 20.8 Å². The summed E-state index contributed by atoms with van der Waals surface area (Å²) in [4.78, 5) is 0. The zero-order valence-corrected chi connectivity index (χ0v) is 17.4. The highest BCUT2D eigenvalue weighted by molar-refractivity contribution is 5.09. The van der Waals surface area contributed by atoms with Gasteiger partial charge < -0.3 is 10.2 Å². The van der Waals surface area contributed by atoms with E-state index < -0.39 is 0 Å². The van der Waals surface area contributed by atoms with E-state index >= 15 is 0 Å². The minimum Gasteiger partial charge on any atom is -0.396 e. The van der Waals surface area contributed by atoms with Crippen LogP contribution in [0.2, 0.25) is 0 Å². The fraction of sp³-hybridized carbons (Fsp3) is 1.00. The van der Waals surface area contributed by atoms with E-state index in [1.807, 2.05) is 0 Å². The molecular weight excluding hydrogens is 320 g/mol. The van der Waals surface area contributed by atoms with E-state index in [1.165, 1.54) is 51.4 Å². The van der Waals surface area contributed by atoms with Crippen molar-refractivity contribution in [2.75, 3.05) is 6.61 Å². The molecule has 2 nitrogen and oxygen atoms in total. The van der Waals surface area contributed by atoms with E-state index in [4.69, 9.17) is 0 Å². The average molecular weight is 363 g/mol. The van der Waals surface area contributed by atoms with Crippen LogP contribution in [0.5, 0.6) is 0 Å². The smallest absolute Gasteiger partial charge is 0.0543 e. The molecule has 0 heterocycles. The van der Waals surface area contributed by atoms with Crippen LogP contribution in [0.1, 0.15) is 91.4 Å². The van der Waals surface area contributed by atoms with Gasteiger partial charge in [-0.15, -0.1) is 0 Å². The van der Waals surface area contributed by atoms with Crippen molar-refractivity contribution >= 4 is 0 Å². The van der Waals surface area contributed by atoms with Crippen LogP contribution >= 0.6 is 0 Å². The van der Waals surface area contributed by atoms with Crippen LogP contribution in [-0.2, 0) is 0 Å². The Labute approximate surface area is 161 Å². The first kappa shape index (κ1) is 19.2. The van der Waals surface area contributed by atoms with E-state index in [0.717, 1.165) is 54.8 Å². The predicted octanol–water partition coefficient (Wildman–Crippen LogP) is 5.41.